The average molecular weight is 473 g/mol. The predicted molar refractivity (Wildman–Crippen MR) is 140 cm³/mol. The van der Waals surface area contributed by atoms with Gasteiger partial charge in [-0.05, 0) is 42.6 Å². The highest BCUT2D eigenvalue weighted by molar-refractivity contribution is 7.41. The smallest absolute Gasteiger partial charge is 0.333 e. The van der Waals surface area contributed by atoms with E-state index in [1.54, 1.807) is 6.92 Å². The fraction of sp³-hybridized carbons (Fsp3) is 0.464. The minimum absolute atomic E-state index is 0.124. The number of carbonyl (C=O) groups excluding carboxylic acids is 1. The van der Waals surface area contributed by atoms with Crippen molar-refractivity contribution in [2.45, 2.75) is 52.9 Å². The largest absolute Gasteiger partial charge is 0.466 e. The normalized spacial score (nSPS) is 14.6. The van der Waals surface area contributed by atoms with Crippen LogP contribution >= 0.6 is 8.81 Å². The number of esters is 1. The summed E-state index contributed by atoms with van der Waals surface area (Å²) in [6.45, 7) is 15.4. The molecule has 4 unspecified atom stereocenters. The van der Waals surface area contributed by atoms with Crippen LogP contribution in [0.3, 0.4) is 0 Å². The van der Waals surface area contributed by atoms with Gasteiger partial charge >= 0.3 is 5.97 Å². The second kappa shape index (κ2) is 15.0. The van der Waals surface area contributed by atoms with Crippen LogP contribution in [0.25, 0.3) is 0 Å². The number of hydrogen-bond acceptors (Lipinski definition) is 4. The van der Waals surface area contributed by atoms with Crippen molar-refractivity contribution in [3.8, 4) is 0 Å². The van der Waals surface area contributed by atoms with Crippen LogP contribution in [-0.4, -0.2) is 31.4 Å². The van der Waals surface area contributed by atoms with Crippen LogP contribution in [0.2, 0.25) is 0 Å². The van der Waals surface area contributed by atoms with Crippen molar-refractivity contribution >= 4 is 20.1 Å². The summed E-state index contributed by atoms with van der Waals surface area (Å²) < 4.78 is 10.6. The fourth-order valence-electron chi connectivity index (χ4n) is 4.11. The van der Waals surface area contributed by atoms with Gasteiger partial charge in [0.15, 0.2) is 0 Å². The minimum atomic E-state index is -0.380. The second-order valence-corrected chi connectivity index (χ2v) is 9.29. The van der Waals surface area contributed by atoms with Gasteiger partial charge in [-0.3, -0.25) is 0 Å². The highest BCUT2D eigenvalue weighted by atomic mass is 31.1. The molecule has 0 fully saturated rings. The summed E-state index contributed by atoms with van der Waals surface area (Å²) >= 11 is 0. The van der Waals surface area contributed by atoms with Crippen molar-refractivity contribution in [2.75, 3.05) is 20.3 Å². The van der Waals surface area contributed by atoms with E-state index >= 15 is 0 Å². The first kappa shape index (κ1) is 29.0. The maximum Gasteiger partial charge on any atom is 0.333 e. The molecule has 0 heterocycles. The molecule has 0 aliphatic carbocycles. The van der Waals surface area contributed by atoms with Gasteiger partial charge in [0.1, 0.15) is 0 Å². The highest BCUT2D eigenvalue weighted by Gasteiger charge is 2.43. The monoisotopic (exact) mass is 472 g/mol. The molecule has 2 aromatic rings. The summed E-state index contributed by atoms with van der Waals surface area (Å²) in [4.78, 5) is 12.5. The van der Waals surface area contributed by atoms with Crippen molar-refractivity contribution in [1.82, 2.24) is 0 Å². The average Bonchev–Trinajstić information content (AvgIpc) is 2.85. The number of ether oxygens (including phenoxy) is 1. The summed E-state index contributed by atoms with van der Waals surface area (Å²) in [5, 5.41) is 8.74. The number of aliphatic hydroxyl groups is 1. The summed E-state index contributed by atoms with van der Waals surface area (Å²) in [5.74, 6) is 0.00558. The number of methoxy groups -OCH3 is 1. The van der Waals surface area contributed by atoms with Gasteiger partial charge in [-0.1, -0.05) is 88.4 Å². The lowest BCUT2D eigenvalue weighted by atomic mass is 9.60. The number of carbonyl (C=O) groups is 1. The Balaban J connectivity index is 0.00000172. The third kappa shape index (κ3) is 7.78. The van der Waals surface area contributed by atoms with Crippen molar-refractivity contribution in [3.05, 3.63) is 77.9 Å². The van der Waals surface area contributed by atoms with Crippen molar-refractivity contribution in [2.24, 2.45) is 11.8 Å². The Kier molecular flexibility index (Phi) is 13.2. The van der Waals surface area contributed by atoms with Crippen LogP contribution in [-0.2, 0) is 19.5 Å². The van der Waals surface area contributed by atoms with Crippen molar-refractivity contribution in [1.29, 1.82) is 0 Å². The quantitative estimate of drug-likeness (QED) is 0.247. The van der Waals surface area contributed by atoms with Crippen molar-refractivity contribution < 1.29 is 19.2 Å². The van der Waals surface area contributed by atoms with E-state index < -0.39 is 0 Å². The zero-order valence-electron chi connectivity index (χ0n) is 21.1. The molecule has 4 nitrogen and oxygen atoms in total. The molecule has 2 aromatic carbocycles. The molecule has 0 saturated carbocycles. The number of aliphatic hydroxyl groups excluding tert-OH is 1. The van der Waals surface area contributed by atoms with Gasteiger partial charge in [0.05, 0.1) is 7.11 Å². The SMILES string of the molecule is C=C(C(=O)OC)C(C)C(CC(C)CC)(c1ccccc1)c1ccc(POCC)cc1.CCO. The molecule has 4 atom stereocenters. The fourth-order valence-corrected chi connectivity index (χ4v) is 4.72. The summed E-state index contributed by atoms with van der Waals surface area (Å²) in [6.07, 6.45) is 1.98. The molecule has 182 valence electrons. The molecule has 0 amide bonds. The maximum atomic E-state index is 12.5. The van der Waals surface area contributed by atoms with Gasteiger partial charge in [-0.15, -0.1) is 0 Å². The Bertz CT molecular complexity index is 835. The van der Waals surface area contributed by atoms with Crippen LogP contribution < -0.4 is 5.30 Å². The topological polar surface area (TPSA) is 55.8 Å². The Morgan fingerprint density at radius 1 is 1.03 bits per heavy atom. The van der Waals surface area contributed by atoms with Crippen molar-refractivity contribution in [3.63, 3.8) is 0 Å². The second-order valence-electron chi connectivity index (χ2n) is 8.22. The van der Waals surface area contributed by atoms with Crippen LogP contribution in [0.5, 0.6) is 0 Å². The summed E-state index contributed by atoms with van der Waals surface area (Å²) in [5.41, 5.74) is 2.51. The van der Waals surface area contributed by atoms with Gasteiger partial charge in [0.25, 0.3) is 0 Å². The third-order valence-electron chi connectivity index (χ3n) is 6.10. The molecule has 0 aliphatic heterocycles. The number of benzene rings is 2. The van der Waals surface area contributed by atoms with E-state index in [1.165, 1.54) is 23.5 Å². The molecule has 0 aliphatic rings. The van der Waals surface area contributed by atoms with E-state index in [2.05, 4.69) is 75.9 Å². The Labute approximate surface area is 202 Å². The molecule has 0 spiro atoms. The first-order valence-electron chi connectivity index (χ1n) is 11.7. The summed E-state index contributed by atoms with van der Waals surface area (Å²) in [6, 6.07) is 19.2. The zero-order chi connectivity index (χ0) is 24.9. The van der Waals surface area contributed by atoms with Crippen LogP contribution in [0.1, 0.15) is 58.6 Å². The molecule has 0 saturated heterocycles. The van der Waals surface area contributed by atoms with Crippen LogP contribution in [0.4, 0.5) is 0 Å². The van der Waals surface area contributed by atoms with Crippen LogP contribution in [0.15, 0.2) is 66.7 Å². The molecule has 2 rings (SSSR count). The Morgan fingerprint density at radius 3 is 2.06 bits per heavy atom. The first-order valence-corrected chi connectivity index (χ1v) is 12.6. The molecular formula is C28H41O4P. The standard InChI is InChI=1S/C26H35O3P.C2H6O/c1-7-19(3)18-26(22-12-10-9-11-13-22,21(5)20(4)25(27)28-6)23-14-16-24(17-15-23)30-29-8-2;1-2-3/h9-17,19,21,30H,4,7-8,18H2,1-3,5-6H3;3H,2H2,1H3. The Morgan fingerprint density at radius 2 is 1.58 bits per heavy atom. The van der Waals surface area contributed by atoms with Gasteiger partial charge < -0.3 is 14.4 Å². The third-order valence-corrected chi connectivity index (χ3v) is 7.10. The van der Waals surface area contributed by atoms with E-state index in [-0.39, 0.29) is 23.9 Å². The molecule has 1 N–H and O–H groups in total. The molecule has 0 bridgehead atoms. The highest BCUT2D eigenvalue weighted by Crippen LogP contribution is 2.47. The first-order chi connectivity index (χ1) is 15.8. The predicted octanol–water partition coefficient (Wildman–Crippen LogP) is 6.03. The minimum Gasteiger partial charge on any atom is -0.466 e. The van der Waals surface area contributed by atoms with E-state index in [0.717, 1.165) is 12.8 Å². The number of hydrogen-bond donors (Lipinski definition) is 1. The molecule has 0 aromatic heterocycles. The van der Waals surface area contributed by atoms with Gasteiger partial charge in [0, 0.05) is 38.9 Å². The lowest BCUT2D eigenvalue weighted by Gasteiger charge is -2.43. The van der Waals surface area contributed by atoms with E-state index in [1.807, 2.05) is 13.0 Å². The van der Waals surface area contributed by atoms with E-state index in [4.69, 9.17) is 14.4 Å². The molecular weight excluding hydrogens is 431 g/mol. The molecule has 0 radical (unpaired) electrons. The maximum absolute atomic E-state index is 12.5. The molecule has 5 heteroatoms. The van der Waals surface area contributed by atoms with Gasteiger partial charge in [-0.2, -0.15) is 0 Å². The lowest BCUT2D eigenvalue weighted by Crippen LogP contribution is -2.39. The van der Waals surface area contributed by atoms with E-state index in [0.29, 0.717) is 26.9 Å². The van der Waals surface area contributed by atoms with Gasteiger partial charge in [0.2, 0.25) is 0 Å². The van der Waals surface area contributed by atoms with Crippen LogP contribution in [0, 0.1) is 11.8 Å². The number of rotatable bonds is 11. The van der Waals surface area contributed by atoms with Gasteiger partial charge in [-0.25, -0.2) is 4.79 Å². The lowest BCUT2D eigenvalue weighted by molar-refractivity contribution is -0.136. The zero-order valence-corrected chi connectivity index (χ0v) is 22.1. The molecule has 33 heavy (non-hydrogen) atoms. The summed E-state index contributed by atoms with van der Waals surface area (Å²) in [7, 11) is 1.76. The van der Waals surface area contributed by atoms with E-state index in [9.17, 15) is 4.79 Å². The Hall–Kier alpha value is -2.00.